The number of imide groups is 1. The van der Waals surface area contributed by atoms with Crippen LogP contribution >= 0.6 is 11.8 Å². The molecule has 1 heterocycles. The number of rotatable bonds is 3. The predicted octanol–water partition coefficient (Wildman–Crippen LogP) is 2.38. The zero-order valence-corrected chi connectivity index (χ0v) is 11.4. The molecule has 1 aliphatic heterocycles. The highest BCUT2D eigenvalue weighted by Gasteiger charge is 2.35. The minimum Gasteiger partial charge on any atom is -0.292 e. The first kappa shape index (κ1) is 13.8. The second kappa shape index (κ2) is 5.54. The number of thioether (sulfide) groups is 1. The van der Waals surface area contributed by atoms with E-state index in [1.54, 1.807) is 37.2 Å². The molecule has 4 nitrogen and oxygen atoms in total. The molecular formula is C13H13FN2O2S. The third-order valence-corrected chi connectivity index (χ3v) is 3.40. The third-order valence-electron chi connectivity index (χ3n) is 2.49. The van der Waals surface area contributed by atoms with Gasteiger partial charge in [0.15, 0.2) is 0 Å². The van der Waals surface area contributed by atoms with Gasteiger partial charge in [-0.05, 0) is 38.0 Å². The minimum atomic E-state index is -0.415. The van der Waals surface area contributed by atoms with E-state index in [-0.39, 0.29) is 22.7 Å². The second-order valence-electron chi connectivity index (χ2n) is 4.35. The van der Waals surface area contributed by atoms with Gasteiger partial charge in [-0.2, -0.15) is 0 Å². The van der Waals surface area contributed by atoms with Crippen LogP contribution in [0.2, 0.25) is 0 Å². The molecule has 1 aromatic rings. The van der Waals surface area contributed by atoms with Crippen LogP contribution in [-0.2, 0) is 4.79 Å². The summed E-state index contributed by atoms with van der Waals surface area (Å²) in [6.07, 6.45) is 1.41. The van der Waals surface area contributed by atoms with E-state index < -0.39 is 5.82 Å². The minimum absolute atomic E-state index is 0.222. The Labute approximate surface area is 114 Å². The number of hydrogen-bond acceptors (Lipinski definition) is 4. The molecule has 0 unspecified atom stereocenters. The molecule has 0 bridgehead atoms. The first-order valence-electron chi connectivity index (χ1n) is 5.63. The maximum Gasteiger partial charge on any atom is 0.294 e. The Morgan fingerprint density at radius 1 is 1.32 bits per heavy atom. The lowest BCUT2D eigenvalue weighted by Crippen LogP contribution is -2.36. The molecule has 0 atom stereocenters. The van der Waals surface area contributed by atoms with Crippen LogP contribution in [0.1, 0.15) is 5.56 Å². The van der Waals surface area contributed by atoms with Crippen molar-refractivity contribution in [1.29, 1.82) is 0 Å². The summed E-state index contributed by atoms with van der Waals surface area (Å²) in [6.45, 7) is 0.222. The summed E-state index contributed by atoms with van der Waals surface area (Å²) in [5.74, 6) is -0.797. The normalized spacial score (nSPS) is 17.9. The van der Waals surface area contributed by atoms with E-state index in [0.717, 1.165) is 16.7 Å². The van der Waals surface area contributed by atoms with Gasteiger partial charge in [0.25, 0.3) is 11.1 Å². The summed E-state index contributed by atoms with van der Waals surface area (Å²) < 4.78 is 13.5. The topological polar surface area (TPSA) is 40.6 Å². The summed E-state index contributed by atoms with van der Waals surface area (Å²) >= 11 is 0.833. The Morgan fingerprint density at radius 3 is 2.63 bits per heavy atom. The largest absolute Gasteiger partial charge is 0.294 e. The van der Waals surface area contributed by atoms with Crippen molar-refractivity contribution in [2.75, 3.05) is 20.8 Å². The monoisotopic (exact) mass is 280 g/mol. The van der Waals surface area contributed by atoms with Crippen molar-refractivity contribution in [2.45, 2.75) is 0 Å². The average Bonchev–Trinajstić information content (AvgIpc) is 2.60. The zero-order chi connectivity index (χ0) is 14.0. The number of halogens is 1. The van der Waals surface area contributed by atoms with Crippen molar-refractivity contribution in [3.8, 4) is 0 Å². The summed E-state index contributed by atoms with van der Waals surface area (Å²) in [4.78, 5) is 26.9. The van der Waals surface area contributed by atoms with E-state index >= 15 is 0 Å². The Bertz CT molecular complexity index is 557. The van der Waals surface area contributed by atoms with Gasteiger partial charge < -0.3 is 0 Å². The third kappa shape index (κ3) is 3.02. The summed E-state index contributed by atoms with van der Waals surface area (Å²) in [5.41, 5.74) is 0.304. The highest BCUT2D eigenvalue weighted by Crippen LogP contribution is 2.32. The standard InChI is InChI=1S/C13H13FN2O2S/c1-15(2)8-16-12(17)11(19-13(16)18)7-9-5-3-4-6-10(9)14/h3-7H,8H2,1-2H3/b11-7-. The van der Waals surface area contributed by atoms with Crippen LogP contribution in [-0.4, -0.2) is 41.7 Å². The smallest absolute Gasteiger partial charge is 0.292 e. The molecule has 0 aliphatic carbocycles. The van der Waals surface area contributed by atoms with Crippen LogP contribution in [0, 0.1) is 5.82 Å². The number of benzene rings is 1. The van der Waals surface area contributed by atoms with Gasteiger partial charge in [-0.3, -0.25) is 19.4 Å². The fourth-order valence-corrected chi connectivity index (χ4v) is 2.46. The van der Waals surface area contributed by atoms with Gasteiger partial charge in [-0.1, -0.05) is 18.2 Å². The van der Waals surface area contributed by atoms with Crippen molar-refractivity contribution in [3.05, 3.63) is 40.6 Å². The number of carbonyl (C=O) groups is 2. The fraction of sp³-hybridized carbons (Fsp3) is 0.231. The lowest BCUT2D eigenvalue weighted by Gasteiger charge is -2.17. The number of amides is 2. The van der Waals surface area contributed by atoms with Crippen LogP contribution in [0.5, 0.6) is 0 Å². The summed E-state index contributed by atoms with van der Waals surface area (Å²) in [6, 6.07) is 6.13. The lowest BCUT2D eigenvalue weighted by atomic mass is 10.2. The molecule has 1 aliphatic rings. The predicted molar refractivity (Wildman–Crippen MR) is 72.8 cm³/mol. The molecule has 0 saturated carbocycles. The number of hydrogen-bond donors (Lipinski definition) is 0. The van der Waals surface area contributed by atoms with Gasteiger partial charge in [0.05, 0.1) is 11.6 Å². The molecule has 19 heavy (non-hydrogen) atoms. The maximum atomic E-state index is 13.5. The number of nitrogens with zero attached hydrogens (tertiary/aromatic N) is 2. The van der Waals surface area contributed by atoms with E-state index in [9.17, 15) is 14.0 Å². The van der Waals surface area contributed by atoms with Crippen molar-refractivity contribution < 1.29 is 14.0 Å². The van der Waals surface area contributed by atoms with E-state index in [0.29, 0.717) is 5.56 Å². The van der Waals surface area contributed by atoms with Gasteiger partial charge in [-0.25, -0.2) is 4.39 Å². The highest BCUT2D eigenvalue weighted by atomic mass is 32.2. The van der Waals surface area contributed by atoms with Crippen molar-refractivity contribution in [2.24, 2.45) is 0 Å². The Balaban J connectivity index is 2.26. The van der Waals surface area contributed by atoms with E-state index in [1.807, 2.05) is 0 Å². The Kier molecular flexibility index (Phi) is 4.01. The van der Waals surface area contributed by atoms with Gasteiger partial charge in [0, 0.05) is 5.56 Å². The van der Waals surface area contributed by atoms with Gasteiger partial charge in [0.1, 0.15) is 5.82 Å². The SMILES string of the molecule is CN(C)CN1C(=O)S/C(=C\c2ccccc2F)C1=O. The average molecular weight is 280 g/mol. The quantitative estimate of drug-likeness (QED) is 0.797. The summed E-state index contributed by atoms with van der Waals surface area (Å²) in [5, 5.41) is -0.332. The maximum absolute atomic E-state index is 13.5. The fourth-order valence-electron chi connectivity index (χ4n) is 1.64. The van der Waals surface area contributed by atoms with Crippen molar-refractivity contribution in [3.63, 3.8) is 0 Å². The molecule has 0 aromatic heterocycles. The van der Waals surface area contributed by atoms with Gasteiger partial charge in [-0.15, -0.1) is 0 Å². The molecule has 0 N–H and O–H groups in total. The molecule has 1 saturated heterocycles. The lowest BCUT2D eigenvalue weighted by molar-refractivity contribution is -0.123. The Hall–Kier alpha value is -1.66. The van der Waals surface area contributed by atoms with Crippen LogP contribution in [0.15, 0.2) is 29.2 Å². The molecule has 6 heteroatoms. The molecule has 2 rings (SSSR count). The highest BCUT2D eigenvalue weighted by molar-refractivity contribution is 8.18. The molecule has 1 aromatic carbocycles. The van der Waals surface area contributed by atoms with Crippen molar-refractivity contribution >= 4 is 29.0 Å². The van der Waals surface area contributed by atoms with Crippen LogP contribution < -0.4 is 0 Å². The summed E-state index contributed by atoms with van der Waals surface area (Å²) in [7, 11) is 3.54. The molecule has 0 radical (unpaired) electrons. The first-order valence-corrected chi connectivity index (χ1v) is 6.45. The molecule has 1 fully saturated rings. The molecular weight excluding hydrogens is 267 g/mol. The van der Waals surface area contributed by atoms with Gasteiger partial charge in [0.2, 0.25) is 0 Å². The van der Waals surface area contributed by atoms with E-state index in [2.05, 4.69) is 0 Å². The first-order chi connectivity index (χ1) is 8.99. The molecule has 0 spiro atoms. The van der Waals surface area contributed by atoms with Crippen LogP contribution in [0.25, 0.3) is 6.08 Å². The Morgan fingerprint density at radius 2 is 2.00 bits per heavy atom. The van der Waals surface area contributed by atoms with Crippen molar-refractivity contribution in [1.82, 2.24) is 9.80 Å². The van der Waals surface area contributed by atoms with Gasteiger partial charge >= 0.3 is 0 Å². The zero-order valence-electron chi connectivity index (χ0n) is 10.6. The number of carbonyl (C=O) groups excluding carboxylic acids is 2. The van der Waals surface area contributed by atoms with E-state index in [1.165, 1.54) is 12.1 Å². The second-order valence-corrected chi connectivity index (χ2v) is 5.35. The molecule has 2 amide bonds. The molecule has 100 valence electrons. The van der Waals surface area contributed by atoms with E-state index in [4.69, 9.17) is 0 Å². The van der Waals surface area contributed by atoms with Crippen LogP contribution in [0.3, 0.4) is 0 Å². The van der Waals surface area contributed by atoms with Crippen LogP contribution in [0.4, 0.5) is 9.18 Å².